The van der Waals surface area contributed by atoms with E-state index >= 15 is 0 Å². The van der Waals surface area contributed by atoms with Gasteiger partial charge >= 0.3 is 0 Å². The average molecular weight is 521 g/mol. The van der Waals surface area contributed by atoms with Crippen molar-refractivity contribution in [1.82, 2.24) is 0 Å². The Bertz CT molecular complexity index is 817. The summed E-state index contributed by atoms with van der Waals surface area (Å²) < 4.78 is 21.9. The van der Waals surface area contributed by atoms with Gasteiger partial charge in [0, 0.05) is 5.41 Å². The molecule has 2 saturated heterocycles. The lowest BCUT2D eigenvalue weighted by atomic mass is 9.64. The SMILES string of the molecule is CC1=C[C@@H](O)CC(C)(C)[C@@]1(O)/C=C/C(C)O[C@@H]1O[C@@H](CO[C@@H]2OC[C@](O)(CO)[C@H]2O)[C@H](O)[C@@H](O)[C@@H]1O. The highest BCUT2D eigenvalue weighted by Crippen LogP contribution is 2.45. The van der Waals surface area contributed by atoms with Crippen molar-refractivity contribution in [3.05, 3.63) is 23.8 Å². The zero-order valence-electron chi connectivity index (χ0n) is 21.0. The lowest BCUT2D eigenvalue weighted by Gasteiger charge is -2.46. The molecular formula is C24H40O12. The molecule has 2 fully saturated rings. The maximum atomic E-state index is 11.3. The van der Waals surface area contributed by atoms with Gasteiger partial charge in [-0.15, -0.1) is 0 Å². The molecule has 0 amide bonds. The van der Waals surface area contributed by atoms with Crippen LogP contribution in [0.2, 0.25) is 0 Å². The fourth-order valence-electron chi connectivity index (χ4n) is 4.87. The van der Waals surface area contributed by atoms with Crippen molar-refractivity contribution in [3.63, 3.8) is 0 Å². The maximum absolute atomic E-state index is 11.3. The molecule has 0 aromatic heterocycles. The molecule has 1 unspecified atom stereocenters. The van der Waals surface area contributed by atoms with Crippen LogP contribution in [0.4, 0.5) is 0 Å². The Labute approximate surface area is 210 Å². The minimum absolute atomic E-state index is 0.353. The van der Waals surface area contributed by atoms with Crippen molar-refractivity contribution in [1.29, 1.82) is 0 Å². The zero-order valence-corrected chi connectivity index (χ0v) is 21.0. The fourth-order valence-corrected chi connectivity index (χ4v) is 4.87. The standard InChI is InChI=1S/C24H40O12/c1-12-7-14(26)8-22(3,4)24(12,32)6-5-13(2)35-20-18(29)17(28)16(27)15(36-20)9-33-21-19(30)23(31,10-25)11-34-21/h5-7,13-21,25-32H,8-11H2,1-4H3/b6-5+/t13?,14-,15+,16+,17-,18+,19+,20-,21-,23-,24-/m1/s1. The van der Waals surface area contributed by atoms with Gasteiger partial charge in [0.1, 0.15) is 41.7 Å². The van der Waals surface area contributed by atoms with Gasteiger partial charge in [-0.25, -0.2) is 0 Å². The van der Waals surface area contributed by atoms with E-state index < -0.39 is 85.1 Å². The summed E-state index contributed by atoms with van der Waals surface area (Å²) in [6, 6.07) is 0. The van der Waals surface area contributed by atoms with Crippen LogP contribution in [-0.4, -0.2) is 127 Å². The molecule has 0 aromatic carbocycles. The Morgan fingerprint density at radius 2 is 1.75 bits per heavy atom. The van der Waals surface area contributed by atoms with E-state index in [1.54, 1.807) is 32.1 Å². The van der Waals surface area contributed by atoms with Crippen molar-refractivity contribution in [2.75, 3.05) is 19.8 Å². The number of hydrogen-bond donors (Lipinski definition) is 8. The van der Waals surface area contributed by atoms with Crippen LogP contribution in [0, 0.1) is 5.41 Å². The minimum atomic E-state index is -1.89. The third-order valence-electron chi connectivity index (χ3n) is 7.42. The molecule has 3 rings (SSSR count). The first-order valence-electron chi connectivity index (χ1n) is 12.0. The number of aliphatic hydroxyl groups excluding tert-OH is 6. The average Bonchev–Trinajstić information content (AvgIpc) is 3.09. The Hall–Kier alpha value is -1.00. The van der Waals surface area contributed by atoms with Crippen LogP contribution in [0.15, 0.2) is 23.8 Å². The maximum Gasteiger partial charge on any atom is 0.187 e. The van der Waals surface area contributed by atoms with E-state index in [1.165, 1.54) is 0 Å². The largest absolute Gasteiger partial charge is 0.393 e. The molecule has 0 saturated carbocycles. The molecule has 1 aliphatic carbocycles. The lowest BCUT2D eigenvalue weighted by Crippen LogP contribution is -2.60. The Morgan fingerprint density at radius 1 is 1.08 bits per heavy atom. The predicted octanol–water partition coefficient (Wildman–Crippen LogP) is -2.32. The van der Waals surface area contributed by atoms with E-state index in [4.69, 9.17) is 18.9 Å². The summed E-state index contributed by atoms with van der Waals surface area (Å²) in [6.45, 7) is 5.54. The molecule has 11 atom stereocenters. The molecule has 12 heteroatoms. The van der Waals surface area contributed by atoms with Crippen LogP contribution in [-0.2, 0) is 18.9 Å². The monoisotopic (exact) mass is 520 g/mol. The fraction of sp³-hybridized carbons (Fsp3) is 0.833. The summed E-state index contributed by atoms with van der Waals surface area (Å²) in [4.78, 5) is 0. The summed E-state index contributed by atoms with van der Waals surface area (Å²) in [5.41, 5.74) is -3.31. The van der Waals surface area contributed by atoms with E-state index in [0.29, 0.717) is 12.0 Å². The van der Waals surface area contributed by atoms with Gasteiger partial charge in [0.15, 0.2) is 12.6 Å². The summed E-state index contributed by atoms with van der Waals surface area (Å²) in [5, 5.41) is 81.7. The lowest BCUT2D eigenvalue weighted by molar-refractivity contribution is -0.314. The second kappa shape index (κ2) is 11.0. The third-order valence-corrected chi connectivity index (χ3v) is 7.42. The van der Waals surface area contributed by atoms with Gasteiger partial charge in [-0.3, -0.25) is 0 Å². The van der Waals surface area contributed by atoms with Gasteiger partial charge < -0.3 is 59.8 Å². The third kappa shape index (κ3) is 5.70. The number of hydrogen-bond acceptors (Lipinski definition) is 12. The van der Waals surface area contributed by atoms with E-state index in [-0.39, 0.29) is 6.61 Å². The van der Waals surface area contributed by atoms with Gasteiger partial charge in [0.2, 0.25) is 0 Å². The zero-order chi connectivity index (χ0) is 27.1. The van der Waals surface area contributed by atoms with Crippen LogP contribution >= 0.6 is 0 Å². The summed E-state index contributed by atoms with van der Waals surface area (Å²) in [6.07, 6.45) is -6.45. The van der Waals surface area contributed by atoms with Crippen LogP contribution < -0.4 is 0 Å². The predicted molar refractivity (Wildman–Crippen MR) is 123 cm³/mol. The molecule has 208 valence electrons. The highest BCUT2D eigenvalue weighted by molar-refractivity contribution is 5.32. The molecule has 12 nitrogen and oxygen atoms in total. The summed E-state index contributed by atoms with van der Waals surface area (Å²) in [7, 11) is 0. The smallest absolute Gasteiger partial charge is 0.187 e. The first-order chi connectivity index (χ1) is 16.6. The molecule has 3 aliphatic rings. The molecule has 36 heavy (non-hydrogen) atoms. The topological polar surface area (TPSA) is 199 Å². The normalized spacial score (nSPS) is 46.2. The number of aliphatic hydroxyl groups is 8. The first-order valence-corrected chi connectivity index (χ1v) is 12.0. The van der Waals surface area contributed by atoms with Gasteiger partial charge in [-0.1, -0.05) is 26.0 Å². The highest BCUT2D eigenvalue weighted by Gasteiger charge is 2.50. The van der Waals surface area contributed by atoms with Gasteiger partial charge in [0.25, 0.3) is 0 Å². The van der Waals surface area contributed by atoms with Crippen molar-refractivity contribution in [2.45, 2.75) is 101 Å². The number of ether oxygens (including phenoxy) is 4. The molecule has 0 aromatic rings. The van der Waals surface area contributed by atoms with Crippen molar-refractivity contribution < 1.29 is 59.8 Å². The summed E-state index contributed by atoms with van der Waals surface area (Å²) >= 11 is 0. The Balaban J connectivity index is 1.63. The van der Waals surface area contributed by atoms with Crippen LogP contribution in [0.3, 0.4) is 0 Å². The first kappa shape index (κ1) is 29.6. The molecule has 0 radical (unpaired) electrons. The van der Waals surface area contributed by atoms with Gasteiger partial charge in [0.05, 0.1) is 32.0 Å². The quantitative estimate of drug-likeness (QED) is 0.159. The van der Waals surface area contributed by atoms with E-state index in [1.807, 2.05) is 13.8 Å². The molecule has 2 aliphatic heterocycles. The highest BCUT2D eigenvalue weighted by atomic mass is 16.7. The molecule has 0 bridgehead atoms. The van der Waals surface area contributed by atoms with Crippen molar-refractivity contribution in [3.8, 4) is 0 Å². The van der Waals surface area contributed by atoms with Crippen LogP contribution in [0.25, 0.3) is 0 Å². The second-order valence-corrected chi connectivity index (χ2v) is 10.7. The second-order valence-electron chi connectivity index (χ2n) is 10.7. The van der Waals surface area contributed by atoms with Gasteiger partial charge in [-0.05, 0) is 31.9 Å². The van der Waals surface area contributed by atoms with Crippen LogP contribution in [0.1, 0.15) is 34.1 Å². The molecule has 2 heterocycles. The number of rotatable bonds is 8. The molecule has 0 spiro atoms. The van der Waals surface area contributed by atoms with E-state index in [9.17, 15) is 40.9 Å². The Morgan fingerprint density at radius 3 is 2.33 bits per heavy atom. The van der Waals surface area contributed by atoms with E-state index in [2.05, 4.69) is 0 Å². The van der Waals surface area contributed by atoms with Gasteiger partial charge in [-0.2, -0.15) is 0 Å². The van der Waals surface area contributed by atoms with E-state index in [0.717, 1.165) is 0 Å². The van der Waals surface area contributed by atoms with Crippen LogP contribution in [0.5, 0.6) is 0 Å². The molecule has 8 N–H and O–H groups in total. The summed E-state index contributed by atoms with van der Waals surface area (Å²) in [5.74, 6) is 0. The molecular weight excluding hydrogens is 480 g/mol. The van der Waals surface area contributed by atoms with Crippen molar-refractivity contribution in [2.24, 2.45) is 5.41 Å². The Kier molecular flexibility index (Phi) is 9.04. The van der Waals surface area contributed by atoms with Crippen molar-refractivity contribution >= 4 is 0 Å². The minimum Gasteiger partial charge on any atom is -0.393 e.